The molecule has 3 aromatic rings. The van der Waals surface area contributed by atoms with Gasteiger partial charge in [0.25, 0.3) is 0 Å². The van der Waals surface area contributed by atoms with Gasteiger partial charge in [0, 0.05) is 43.5 Å². The number of methoxy groups -OCH3 is 2. The molecule has 5 rings (SSSR count). The number of hydrogen-bond donors (Lipinski definition) is 2. The van der Waals surface area contributed by atoms with E-state index in [-0.39, 0.29) is 12.2 Å². The van der Waals surface area contributed by atoms with Crippen molar-refractivity contribution in [2.24, 2.45) is 0 Å². The van der Waals surface area contributed by atoms with Crippen molar-refractivity contribution in [1.82, 2.24) is 15.0 Å². The zero-order chi connectivity index (χ0) is 28.6. The topological polar surface area (TPSA) is 122 Å². The number of rotatable bonds is 10. The number of Topliss-reactive ketones (excluding diaryl/α,β-unsaturated/α-hetero) is 1. The maximum absolute atomic E-state index is 12.9. The van der Waals surface area contributed by atoms with Crippen LogP contribution in [0.4, 0.5) is 29.2 Å². The molecule has 216 valence electrons. The number of carbonyl (C=O) groups is 2. The maximum atomic E-state index is 12.9. The molecule has 0 aliphatic carbocycles. The highest BCUT2D eigenvalue weighted by atomic mass is 16.5. The summed E-state index contributed by atoms with van der Waals surface area (Å²) in [6.45, 7) is 3.77. The van der Waals surface area contributed by atoms with Gasteiger partial charge in [-0.25, -0.2) is 0 Å². The van der Waals surface area contributed by atoms with E-state index in [2.05, 4.69) is 20.4 Å². The van der Waals surface area contributed by atoms with Crippen LogP contribution in [0.2, 0.25) is 0 Å². The number of amides is 1. The smallest absolute Gasteiger partial charge is 0.233 e. The highest BCUT2D eigenvalue weighted by molar-refractivity contribution is 6.11. The minimum atomic E-state index is -0.440. The number of benzene rings is 2. The predicted molar refractivity (Wildman–Crippen MR) is 159 cm³/mol. The van der Waals surface area contributed by atoms with Gasteiger partial charge in [-0.15, -0.1) is 0 Å². The number of ether oxygens (including phenoxy) is 2. The van der Waals surface area contributed by atoms with Crippen LogP contribution in [0.1, 0.15) is 55.3 Å². The second-order valence-electron chi connectivity index (χ2n) is 10.3. The molecular formula is C30H37N7O4. The van der Waals surface area contributed by atoms with Crippen LogP contribution in [-0.4, -0.2) is 67.0 Å². The Labute approximate surface area is 240 Å². The van der Waals surface area contributed by atoms with Crippen molar-refractivity contribution in [3.05, 3.63) is 48.0 Å². The lowest BCUT2D eigenvalue weighted by Gasteiger charge is -2.30. The van der Waals surface area contributed by atoms with E-state index in [1.54, 1.807) is 42.5 Å². The summed E-state index contributed by atoms with van der Waals surface area (Å²) >= 11 is 0. The second kappa shape index (κ2) is 13.3. The van der Waals surface area contributed by atoms with Crippen LogP contribution in [-0.2, 0) is 4.79 Å². The Kier molecular flexibility index (Phi) is 9.12. The minimum absolute atomic E-state index is 0.296. The van der Waals surface area contributed by atoms with Gasteiger partial charge in [-0.1, -0.05) is 0 Å². The van der Waals surface area contributed by atoms with E-state index in [0.717, 1.165) is 57.5 Å². The number of aromatic nitrogens is 3. The number of carbonyl (C=O) groups excluding carboxylic acids is 2. The summed E-state index contributed by atoms with van der Waals surface area (Å²) in [7, 11) is 3.05. The molecular weight excluding hydrogens is 522 g/mol. The lowest BCUT2D eigenvalue weighted by molar-refractivity contribution is -0.115. The molecule has 0 saturated carbocycles. The van der Waals surface area contributed by atoms with Gasteiger partial charge >= 0.3 is 0 Å². The molecule has 2 aliphatic rings. The van der Waals surface area contributed by atoms with Gasteiger partial charge in [-0.05, 0) is 74.9 Å². The Balaban J connectivity index is 1.26. The molecule has 1 aromatic heterocycles. The van der Waals surface area contributed by atoms with Crippen LogP contribution in [0.5, 0.6) is 11.5 Å². The third-order valence-electron chi connectivity index (χ3n) is 7.35. The van der Waals surface area contributed by atoms with E-state index < -0.39 is 5.91 Å². The Hall–Kier alpha value is -4.41. The Morgan fingerprint density at radius 2 is 1.39 bits per heavy atom. The number of nitrogens with zero attached hydrogens (tertiary/aromatic N) is 5. The van der Waals surface area contributed by atoms with E-state index in [1.165, 1.54) is 27.1 Å². The van der Waals surface area contributed by atoms with Crippen molar-refractivity contribution in [2.75, 3.05) is 60.8 Å². The molecule has 0 spiro atoms. The van der Waals surface area contributed by atoms with Gasteiger partial charge < -0.3 is 29.9 Å². The number of hydrogen-bond acceptors (Lipinski definition) is 10. The number of nitrogens with one attached hydrogen (secondary N) is 2. The fourth-order valence-corrected chi connectivity index (χ4v) is 5.10. The first-order valence-electron chi connectivity index (χ1n) is 14.2. The first-order chi connectivity index (χ1) is 20.0. The number of ketones is 1. The van der Waals surface area contributed by atoms with E-state index in [9.17, 15) is 9.59 Å². The van der Waals surface area contributed by atoms with Crippen LogP contribution < -0.4 is 29.9 Å². The molecule has 41 heavy (non-hydrogen) atoms. The normalized spacial score (nSPS) is 15.3. The SMILES string of the molecule is COc1ccc(OC)c(NC(=O)CC(=O)c2ccc(Nc3nc(N4CCCCC4)nc(N4CCCCC4)n3)cc2)c1. The van der Waals surface area contributed by atoms with Crippen molar-refractivity contribution >= 4 is 40.9 Å². The average molecular weight is 560 g/mol. The zero-order valence-electron chi connectivity index (χ0n) is 23.7. The maximum Gasteiger partial charge on any atom is 0.233 e. The summed E-state index contributed by atoms with van der Waals surface area (Å²) < 4.78 is 10.5. The summed E-state index contributed by atoms with van der Waals surface area (Å²) in [6, 6.07) is 12.1. The lowest BCUT2D eigenvalue weighted by Crippen LogP contribution is -2.34. The van der Waals surface area contributed by atoms with Gasteiger partial charge in [-0.2, -0.15) is 15.0 Å². The average Bonchev–Trinajstić information content (AvgIpc) is 3.02. The Morgan fingerprint density at radius 1 is 0.780 bits per heavy atom. The van der Waals surface area contributed by atoms with E-state index in [1.807, 2.05) is 0 Å². The summed E-state index contributed by atoms with van der Waals surface area (Å²) in [5.74, 6) is 2.20. The van der Waals surface area contributed by atoms with Gasteiger partial charge in [-0.3, -0.25) is 9.59 Å². The molecule has 1 amide bonds. The molecule has 2 fully saturated rings. The molecule has 3 heterocycles. The van der Waals surface area contributed by atoms with Crippen molar-refractivity contribution in [2.45, 2.75) is 44.9 Å². The van der Waals surface area contributed by atoms with Gasteiger partial charge in [0.2, 0.25) is 23.8 Å². The fraction of sp³-hybridized carbons (Fsp3) is 0.433. The Bertz CT molecular complexity index is 1320. The van der Waals surface area contributed by atoms with Gasteiger partial charge in [0.1, 0.15) is 11.5 Å². The third-order valence-corrected chi connectivity index (χ3v) is 7.35. The summed E-state index contributed by atoms with van der Waals surface area (Å²) in [5.41, 5.74) is 1.61. The monoisotopic (exact) mass is 559 g/mol. The molecule has 11 nitrogen and oxygen atoms in total. The molecule has 2 N–H and O–H groups in total. The second-order valence-corrected chi connectivity index (χ2v) is 10.3. The quantitative estimate of drug-likeness (QED) is 0.264. The summed E-state index contributed by atoms with van der Waals surface area (Å²) in [5, 5.41) is 6.03. The van der Waals surface area contributed by atoms with Crippen molar-refractivity contribution in [3.63, 3.8) is 0 Å². The van der Waals surface area contributed by atoms with Crippen molar-refractivity contribution in [1.29, 1.82) is 0 Å². The fourth-order valence-electron chi connectivity index (χ4n) is 5.10. The van der Waals surface area contributed by atoms with E-state index >= 15 is 0 Å². The van der Waals surface area contributed by atoms with Crippen molar-refractivity contribution in [3.8, 4) is 11.5 Å². The highest BCUT2D eigenvalue weighted by Gasteiger charge is 2.21. The number of anilines is 5. The van der Waals surface area contributed by atoms with Crippen molar-refractivity contribution < 1.29 is 19.1 Å². The van der Waals surface area contributed by atoms with Crippen LogP contribution in [0.15, 0.2) is 42.5 Å². The molecule has 0 radical (unpaired) electrons. The van der Waals surface area contributed by atoms with Crippen LogP contribution >= 0.6 is 0 Å². The van der Waals surface area contributed by atoms with Crippen LogP contribution in [0.25, 0.3) is 0 Å². The first-order valence-corrected chi connectivity index (χ1v) is 14.2. The van der Waals surface area contributed by atoms with Crippen LogP contribution in [0.3, 0.4) is 0 Å². The van der Waals surface area contributed by atoms with E-state index in [0.29, 0.717) is 40.6 Å². The molecule has 0 atom stereocenters. The predicted octanol–water partition coefficient (Wildman–Crippen LogP) is 4.82. The third kappa shape index (κ3) is 7.22. The largest absolute Gasteiger partial charge is 0.497 e. The summed E-state index contributed by atoms with van der Waals surface area (Å²) in [6.07, 6.45) is 6.69. The molecule has 0 unspecified atom stereocenters. The molecule has 2 aromatic carbocycles. The molecule has 0 bridgehead atoms. The highest BCUT2D eigenvalue weighted by Crippen LogP contribution is 2.29. The standard InChI is InChI=1S/C30H37N7O4/c1-40-23-13-14-26(41-2)24(19-23)32-27(39)20-25(38)21-9-11-22(12-10-21)31-28-33-29(36-15-5-3-6-16-36)35-30(34-28)37-17-7-4-8-18-37/h9-14,19H,3-8,15-18,20H2,1-2H3,(H,32,39)(H,31,33,34,35). The Morgan fingerprint density at radius 3 is 1.95 bits per heavy atom. The molecule has 2 aliphatic heterocycles. The van der Waals surface area contributed by atoms with Crippen LogP contribution in [0, 0.1) is 0 Å². The molecule has 2 saturated heterocycles. The number of piperidine rings is 2. The zero-order valence-corrected chi connectivity index (χ0v) is 23.7. The summed E-state index contributed by atoms with van der Waals surface area (Å²) in [4.78, 5) is 44.2. The lowest BCUT2D eigenvalue weighted by atomic mass is 10.1. The minimum Gasteiger partial charge on any atom is -0.497 e. The van der Waals surface area contributed by atoms with Gasteiger partial charge in [0.05, 0.1) is 26.3 Å². The molecule has 11 heteroatoms. The van der Waals surface area contributed by atoms with E-state index in [4.69, 9.17) is 24.4 Å². The van der Waals surface area contributed by atoms with Gasteiger partial charge in [0.15, 0.2) is 5.78 Å². The first kappa shape index (κ1) is 28.1.